The van der Waals surface area contributed by atoms with Crippen molar-refractivity contribution in [2.45, 2.75) is 26.5 Å². The zero-order valence-electron chi connectivity index (χ0n) is 19.8. The highest BCUT2D eigenvalue weighted by Gasteiger charge is 2.22. The van der Waals surface area contributed by atoms with Gasteiger partial charge in [-0.2, -0.15) is 0 Å². The summed E-state index contributed by atoms with van der Waals surface area (Å²) in [5.74, 6) is -0.309. The van der Waals surface area contributed by atoms with Crippen molar-refractivity contribution in [2.24, 2.45) is 0 Å². The van der Waals surface area contributed by atoms with Crippen molar-refractivity contribution < 1.29 is 18.7 Å². The van der Waals surface area contributed by atoms with Gasteiger partial charge in [-0.15, -0.1) is 0 Å². The van der Waals surface area contributed by atoms with Crippen LogP contribution in [0.15, 0.2) is 42.5 Å². The van der Waals surface area contributed by atoms with Crippen LogP contribution in [-0.4, -0.2) is 64.0 Å². The van der Waals surface area contributed by atoms with E-state index in [1.165, 1.54) is 12.1 Å². The molecule has 1 saturated heterocycles. The molecule has 8 heteroatoms. The number of nitrogens with one attached hydrogen (secondary N) is 2. The maximum Gasteiger partial charge on any atom is 0.319 e. The minimum Gasteiger partial charge on any atom is -0.382 e. The van der Waals surface area contributed by atoms with E-state index < -0.39 is 0 Å². The van der Waals surface area contributed by atoms with Crippen LogP contribution in [-0.2, 0) is 16.1 Å². The van der Waals surface area contributed by atoms with Gasteiger partial charge in [0.2, 0.25) is 0 Å². The highest BCUT2D eigenvalue weighted by molar-refractivity contribution is 5.89. The summed E-state index contributed by atoms with van der Waals surface area (Å²) >= 11 is 0. The fourth-order valence-electron chi connectivity index (χ4n) is 3.98. The van der Waals surface area contributed by atoms with Gasteiger partial charge in [0.05, 0.1) is 25.9 Å². The van der Waals surface area contributed by atoms with Crippen LogP contribution in [0, 0.1) is 5.82 Å². The second kappa shape index (κ2) is 12.5. The lowest BCUT2D eigenvalue weighted by molar-refractivity contribution is 0.0617. The minimum absolute atomic E-state index is 0.309. The predicted molar refractivity (Wildman–Crippen MR) is 129 cm³/mol. The molecule has 2 amide bonds. The summed E-state index contributed by atoms with van der Waals surface area (Å²) in [6.07, 6.45) is 0. The maximum absolute atomic E-state index is 14.1. The number of urea groups is 1. The molecule has 1 aliphatic rings. The molecule has 2 N–H and O–H groups in total. The first-order chi connectivity index (χ1) is 16.0. The molecule has 2 aromatic rings. The van der Waals surface area contributed by atoms with E-state index in [4.69, 9.17) is 9.47 Å². The number of likely N-dealkylation sites (N-methyl/N-ethyl adjacent to an activating group) is 1. The number of amides is 2. The van der Waals surface area contributed by atoms with Crippen molar-refractivity contribution in [3.8, 4) is 0 Å². The molecule has 180 valence electrons. The normalized spacial score (nSPS) is 15.3. The van der Waals surface area contributed by atoms with Crippen molar-refractivity contribution in [1.29, 1.82) is 0 Å². The molecular formula is C25H35FN4O3. The van der Waals surface area contributed by atoms with Gasteiger partial charge in [-0.05, 0) is 49.4 Å². The van der Waals surface area contributed by atoms with Gasteiger partial charge in [0.15, 0.2) is 0 Å². The van der Waals surface area contributed by atoms with Gasteiger partial charge in [-0.1, -0.05) is 19.1 Å². The summed E-state index contributed by atoms with van der Waals surface area (Å²) in [6, 6.07) is 11.6. The zero-order chi connectivity index (χ0) is 23.6. The lowest BCUT2D eigenvalue weighted by Crippen LogP contribution is -2.46. The molecule has 33 heavy (non-hydrogen) atoms. The summed E-state index contributed by atoms with van der Waals surface area (Å²) in [5.41, 5.74) is 3.36. The zero-order valence-corrected chi connectivity index (χ0v) is 19.8. The number of ether oxygens (including phenoxy) is 2. The molecule has 1 aliphatic heterocycles. The van der Waals surface area contributed by atoms with Gasteiger partial charge in [-0.3, -0.25) is 0 Å². The Labute approximate surface area is 195 Å². The van der Waals surface area contributed by atoms with E-state index in [1.54, 1.807) is 7.11 Å². The topological polar surface area (TPSA) is 66.1 Å². The number of halogens is 1. The molecular weight excluding hydrogens is 423 g/mol. The van der Waals surface area contributed by atoms with Crippen molar-refractivity contribution in [1.82, 2.24) is 10.2 Å². The van der Waals surface area contributed by atoms with E-state index in [0.29, 0.717) is 25.5 Å². The summed E-state index contributed by atoms with van der Waals surface area (Å²) in [7, 11) is 1.63. The molecule has 1 atom stereocenters. The van der Waals surface area contributed by atoms with Gasteiger partial charge < -0.3 is 29.9 Å². The summed E-state index contributed by atoms with van der Waals surface area (Å²) in [5, 5.41) is 5.82. The Hall–Kier alpha value is -2.68. The molecule has 2 aromatic carbocycles. The Morgan fingerprint density at radius 3 is 2.64 bits per heavy atom. The lowest BCUT2D eigenvalue weighted by Gasteiger charge is -2.37. The Bertz CT molecular complexity index is 903. The highest BCUT2D eigenvalue weighted by atomic mass is 19.1. The summed E-state index contributed by atoms with van der Waals surface area (Å²) < 4.78 is 24.6. The second-order valence-corrected chi connectivity index (χ2v) is 8.19. The van der Waals surface area contributed by atoms with Crippen molar-refractivity contribution in [3.05, 3.63) is 59.4 Å². The molecule has 0 radical (unpaired) electrons. The quantitative estimate of drug-likeness (QED) is 0.527. The average molecular weight is 459 g/mol. The van der Waals surface area contributed by atoms with E-state index in [9.17, 15) is 9.18 Å². The Kier molecular flexibility index (Phi) is 9.47. The van der Waals surface area contributed by atoms with Crippen LogP contribution < -0.4 is 15.5 Å². The number of anilines is 2. The van der Waals surface area contributed by atoms with E-state index >= 15 is 0 Å². The molecule has 1 unspecified atom stereocenters. The van der Waals surface area contributed by atoms with Crippen LogP contribution in [0.25, 0.3) is 0 Å². The third-order valence-electron chi connectivity index (χ3n) is 5.85. The molecule has 1 heterocycles. The van der Waals surface area contributed by atoms with Gasteiger partial charge in [0, 0.05) is 50.2 Å². The third kappa shape index (κ3) is 7.42. The number of nitrogens with zero attached hydrogens (tertiary/aromatic N) is 2. The first-order valence-corrected chi connectivity index (χ1v) is 11.5. The maximum atomic E-state index is 14.1. The van der Waals surface area contributed by atoms with Crippen LogP contribution in [0.3, 0.4) is 0 Å². The van der Waals surface area contributed by atoms with Crippen molar-refractivity contribution in [2.75, 3.05) is 63.3 Å². The lowest BCUT2D eigenvalue weighted by atomic mass is 10.0. The molecule has 0 saturated carbocycles. The van der Waals surface area contributed by atoms with E-state index in [0.717, 1.165) is 49.5 Å². The predicted octanol–water partition coefficient (Wildman–Crippen LogP) is 4.01. The standard InChI is InChI=1S/C25H35FN4O3/c1-4-29-10-12-30(13-11-29)24-9-8-21(26)17-23(24)19(2)27-25(31)28-22-7-5-6-20(16-22)18-33-15-14-32-3/h5-9,16-17,19H,4,10-15,18H2,1-3H3,(H2,27,28,31). The molecule has 7 nitrogen and oxygen atoms in total. The number of benzene rings is 2. The number of carbonyl (C=O) groups is 1. The average Bonchev–Trinajstić information content (AvgIpc) is 2.82. The fraction of sp³-hybridized carbons (Fsp3) is 0.480. The smallest absolute Gasteiger partial charge is 0.319 e. The molecule has 0 aromatic heterocycles. The molecule has 1 fully saturated rings. The Morgan fingerprint density at radius 2 is 1.91 bits per heavy atom. The number of hydrogen-bond donors (Lipinski definition) is 2. The molecule has 0 bridgehead atoms. The molecule has 3 rings (SSSR count). The number of hydrogen-bond acceptors (Lipinski definition) is 5. The van der Waals surface area contributed by atoms with Gasteiger partial charge in [0.1, 0.15) is 5.82 Å². The van der Waals surface area contributed by atoms with Crippen LogP contribution in [0.2, 0.25) is 0 Å². The monoisotopic (exact) mass is 458 g/mol. The number of rotatable bonds is 10. The fourth-order valence-corrected chi connectivity index (χ4v) is 3.98. The molecule has 0 aliphatic carbocycles. The largest absolute Gasteiger partial charge is 0.382 e. The van der Waals surface area contributed by atoms with Crippen LogP contribution in [0.5, 0.6) is 0 Å². The Morgan fingerprint density at radius 1 is 1.12 bits per heavy atom. The summed E-state index contributed by atoms with van der Waals surface area (Å²) in [4.78, 5) is 17.3. The van der Waals surface area contributed by atoms with Crippen molar-refractivity contribution in [3.63, 3.8) is 0 Å². The van der Waals surface area contributed by atoms with E-state index in [2.05, 4.69) is 27.4 Å². The summed E-state index contributed by atoms with van der Waals surface area (Å²) in [6.45, 7) is 10.3. The van der Waals surface area contributed by atoms with Crippen molar-refractivity contribution >= 4 is 17.4 Å². The Balaban J connectivity index is 1.61. The van der Waals surface area contributed by atoms with Crippen LogP contribution >= 0.6 is 0 Å². The van der Waals surface area contributed by atoms with E-state index in [-0.39, 0.29) is 17.9 Å². The SMILES string of the molecule is CCN1CCN(c2ccc(F)cc2C(C)NC(=O)Nc2cccc(COCCOC)c2)CC1. The van der Waals surface area contributed by atoms with Crippen LogP contribution in [0.4, 0.5) is 20.6 Å². The second-order valence-electron chi connectivity index (χ2n) is 8.19. The first-order valence-electron chi connectivity index (χ1n) is 11.5. The van der Waals surface area contributed by atoms with E-state index in [1.807, 2.05) is 37.3 Å². The minimum atomic E-state index is -0.361. The van der Waals surface area contributed by atoms with Gasteiger partial charge in [-0.25, -0.2) is 9.18 Å². The van der Waals surface area contributed by atoms with Crippen LogP contribution in [0.1, 0.15) is 31.0 Å². The first kappa shape index (κ1) is 25.0. The van der Waals surface area contributed by atoms with Gasteiger partial charge in [0.25, 0.3) is 0 Å². The number of piperazine rings is 1. The molecule has 0 spiro atoms. The van der Waals surface area contributed by atoms with Gasteiger partial charge >= 0.3 is 6.03 Å². The highest BCUT2D eigenvalue weighted by Crippen LogP contribution is 2.28. The third-order valence-corrected chi connectivity index (χ3v) is 5.85. The number of carbonyl (C=O) groups excluding carboxylic acids is 1. The number of methoxy groups -OCH3 is 1.